The third-order valence-electron chi connectivity index (χ3n) is 6.97. The van der Waals surface area contributed by atoms with Gasteiger partial charge >= 0.3 is 5.97 Å². The van der Waals surface area contributed by atoms with Gasteiger partial charge in [0.25, 0.3) is 5.91 Å². The van der Waals surface area contributed by atoms with Crippen LogP contribution in [0.2, 0.25) is 0 Å². The molecule has 1 aromatic carbocycles. The first-order chi connectivity index (χ1) is 16.2. The molecule has 2 unspecified atom stereocenters. The Balaban J connectivity index is 1.60. The van der Waals surface area contributed by atoms with E-state index >= 15 is 0 Å². The zero-order chi connectivity index (χ0) is 24.5. The van der Waals surface area contributed by atoms with Crippen LogP contribution in [0, 0.1) is 11.8 Å². The molecule has 1 fully saturated rings. The Morgan fingerprint density at radius 1 is 1.03 bits per heavy atom. The molecule has 1 aromatic heterocycles. The van der Waals surface area contributed by atoms with Crippen molar-refractivity contribution in [3.63, 3.8) is 0 Å². The van der Waals surface area contributed by atoms with Gasteiger partial charge in [-0.2, -0.15) is 0 Å². The van der Waals surface area contributed by atoms with E-state index in [1.54, 1.807) is 11.3 Å². The maximum absolute atomic E-state index is 13.5. The molecule has 34 heavy (non-hydrogen) atoms. The Morgan fingerprint density at radius 3 is 2.32 bits per heavy atom. The molecule has 0 saturated heterocycles. The first-order valence-electron chi connectivity index (χ1n) is 12.0. The standard InChI is InChI=1S/C27H34N2O3S2/c1-27(2,3)16-12-14-17(15-13-16)28-23(30)22-20-10-7-11-21(20)34-25(22)29-24(33-4)18-8-5-6-9-19(18)26(31)32/h12-15,18-19,29H,4-11H2,1-3H3,(H,28,30)(H,31,32). The molecule has 2 aliphatic carbocycles. The van der Waals surface area contributed by atoms with Gasteiger partial charge in [-0.15, -0.1) is 22.3 Å². The second kappa shape index (κ2) is 10.1. The molecule has 2 atom stereocenters. The van der Waals surface area contributed by atoms with Gasteiger partial charge in [-0.3, -0.25) is 9.59 Å². The zero-order valence-corrected chi connectivity index (χ0v) is 21.8. The Hall–Kier alpha value is -2.38. The van der Waals surface area contributed by atoms with Gasteiger partial charge in [0.15, 0.2) is 0 Å². The SMILES string of the molecule is C=S=C(Nc1sc2c(c1C(=O)Nc1ccc(C(C)(C)C)cc1)CCC2)C1CCCCC1C(=O)O. The van der Waals surface area contributed by atoms with Crippen molar-refractivity contribution < 1.29 is 14.7 Å². The largest absolute Gasteiger partial charge is 0.481 e. The van der Waals surface area contributed by atoms with Crippen molar-refractivity contribution in [3.8, 4) is 0 Å². The molecule has 0 radical (unpaired) electrons. The van der Waals surface area contributed by atoms with Crippen LogP contribution in [0.4, 0.5) is 10.7 Å². The molecule has 0 spiro atoms. The molecule has 0 bridgehead atoms. The summed E-state index contributed by atoms with van der Waals surface area (Å²) in [6, 6.07) is 8.04. The second-order valence-electron chi connectivity index (χ2n) is 10.3. The number of carbonyl (C=O) groups excluding carboxylic acids is 1. The van der Waals surface area contributed by atoms with Crippen LogP contribution in [0.5, 0.6) is 0 Å². The molecule has 7 heteroatoms. The second-order valence-corrected chi connectivity index (χ2v) is 12.1. The lowest BCUT2D eigenvalue weighted by Crippen LogP contribution is -2.35. The summed E-state index contributed by atoms with van der Waals surface area (Å²) in [5, 5.41) is 17.2. The lowest BCUT2D eigenvalue weighted by molar-refractivity contribution is -0.143. The summed E-state index contributed by atoms with van der Waals surface area (Å²) in [6.07, 6.45) is 6.41. The van der Waals surface area contributed by atoms with Gasteiger partial charge in [-0.25, -0.2) is 0 Å². The minimum atomic E-state index is -0.747. The monoisotopic (exact) mass is 498 g/mol. The van der Waals surface area contributed by atoms with E-state index in [2.05, 4.69) is 49.4 Å². The van der Waals surface area contributed by atoms with Crippen LogP contribution in [0.25, 0.3) is 0 Å². The summed E-state index contributed by atoms with van der Waals surface area (Å²) in [5.74, 6) is 2.65. The third kappa shape index (κ3) is 5.15. The number of aliphatic carboxylic acids is 1. The summed E-state index contributed by atoms with van der Waals surface area (Å²) in [5.41, 5.74) is 3.88. The number of carbonyl (C=O) groups is 2. The summed E-state index contributed by atoms with van der Waals surface area (Å²) in [6.45, 7) is 6.51. The summed E-state index contributed by atoms with van der Waals surface area (Å²) < 4.78 is 0. The number of nitrogens with one attached hydrogen (secondary N) is 2. The first kappa shape index (κ1) is 24.7. The minimum Gasteiger partial charge on any atom is -0.481 e. The van der Waals surface area contributed by atoms with Gasteiger partial charge < -0.3 is 15.7 Å². The van der Waals surface area contributed by atoms with E-state index in [0.29, 0.717) is 12.0 Å². The van der Waals surface area contributed by atoms with Crippen molar-refractivity contribution in [1.82, 2.24) is 0 Å². The van der Waals surface area contributed by atoms with Crippen LogP contribution in [0.15, 0.2) is 24.3 Å². The Labute approximate surface area is 209 Å². The van der Waals surface area contributed by atoms with E-state index in [9.17, 15) is 14.7 Å². The van der Waals surface area contributed by atoms with Crippen LogP contribution < -0.4 is 10.6 Å². The molecule has 182 valence electrons. The van der Waals surface area contributed by atoms with E-state index in [1.807, 2.05) is 12.1 Å². The smallest absolute Gasteiger partial charge is 0.307 e. The number of benzene rings is 1. The molecule has 3 N–H and O–H groups in total. The Kier molecular flexibility index (Phi) is 7.33. The average Bonchev–Trinajstić information content (AvgIpc) is 3.38. The fraction of sp³-hybridized carbons (Fsp3) is 0.481. The van der Waals surface area contributed by atoms with E-state index < -0.39 is 11.9 Å². The van der Waals surface area contributed by atoms with E-state index in [1.165, 1.54) is 21.4 Å². The van der Waals surface area contributed by atoms with Gasteiger partial charge in [0.1, 0.15) is 5.00 Å². The van der Waals surface area contributed by atoms with Gasteiger partial charge in [0.05, 0.1) is 16.5 Å². The molecule has 0 aliphatic heterocycles. The Bertz CT molecular complexity index is 1140. The van der Waals surface area contributed by atoms with Crippen molar-refractivity contribution in [1.29, 1.82) is 0 Å². The number of amides is 1. The average molecular weight is 499 g/mol. The van der Waals surface area contributed by atoms with Crippen LogP contribution in [-0.4, -0.2) is 27.8 Å². The topological polar surface area (TPSA) is 78.4 Å². The van der Waals surface area contributed by atoms with Crippen molar-refractivity contribution >= 4 is 55.7 Å². The summed E-state index contributed by atoms with van der Waals surface area (Å²) >= 11 is 1.63. The normalized spacial score (nSPS) is 19.9. The van der Waals surface area contributed by atoms with Gasteiger partial charge in [0.2, 0.25) is 0 Å². The summed E-state index contributed by atoms with van der Waals surface area (Å²) in [7, 11) is 1.33. The van der Waals surface area contributed by atoms with Crippen LogP contribution in [0.1, 0.15) is 79.2 Å². The number of hydrogen-bond donors (Lipinski definition) is 3. The zero-order valence-electron chi connectivity index (χ0n) is 20.2. The highest BCUT2D eigenvalue weighted by Gasteiger charge is 2.35. The third-order valence-corrected chi connectivity index (χ3v) is 8.89. The van der Waals surface area contributed by atoms with E-state index in [0.717, 1.165) is 59.8 Å². The lowest BCUT2D eigenvalue weighted by Gasteiger charge is -2.30. The van der Waals surface area contributed by atoms with Crippen LogP contribution in [0.3, 0.4) is 0 Å². The minimum absolute atomic E-state index is 0.0544. The number of anilines is 2. The van der Waals surface area contributed by atoms with E-state index in [-0.39, 0.29) is 17.2 Å². The van der Waals surface area contributed by atoms with Crippen molar-refractivity contribution in [2.75, 3.05) is 10.6 Å². The van der Waals surface area contributed by atoms with E-state index in [4.69, 9.17) is 0 Å². The predicted molar refractivity (Wildman–Crippen MR) is 146 cm³/mol. The highest BCUT2D eigenvalue weighted by molar-refractivity contribution is 7.96. The van der Waals surface area contributed by atoms with Gasteiger partial charge in [-0.05, 0) is 66.6 Å². The Morgan fingerprint density at radius 2 is 1.71 bits per heavy atom. The number of carboxylic acids is 1. The van der Waals surface area contributed by atoms with Gasteiger partial charge in [0, 0.05) is 16.5 Å². The number of thiophene rings is 1. The molecular weight excluding hydrogens is 464 g/mol. The number of carboxylic acid groups (broad SMARTS) is 1. The molecule has 4 rings (SSSR count). The molecule has 2 aliphatic rings. The first-order valence-corrected chi connectivity index (χ1v) is 13.8. The summed E-state index contributed by atoms with van der Waals surface area (Å²) in [4.78, 5) is 27.5. The molecule has 1 saturated carbocycles. The lowest BCUT2D eigenvalue weighted by atomic mass is 9.79. The molecule has 5 nitrogen and oxygen atoms in total. The van der Waals surface area contributed by atoms with Crippen molar-refractivity contribution in [3.05, 3.63) is 45.8 Å². The highest BCUT2D eigenvalue weighted by Crippen LogP contribution is 2.41. The van der Waals surface area contributed by atoms with Crippen molar-refractivity contribution in [2.45, 2.75) is 71.1 Å². The number of hydrogen-bond acceptors (Lipinski definition) is 3. The van der Waals surface area contributed by atoms with Crippen molar-refractivity contribution in [2.24, 2.45) is 11.8 Å². The molecular formula is C27H34N2O3S2. The molecule has 1 amide bonds. The van der Waals surface area contributed by atoms with Gasteiger partial charge in [-0.1, -0.05) is 45.7 Å². The fourth-order valence-corrected chi connectivity index (χ4v) is 7.10. The highest BCUT2D eigenvalue weighted by atomic mass is 32.1. The number of rotatable bonds is 5. The van der Waals surface area contributed by atoms with Crippen LogP contribution >= 0.6 is 22.3 Å². The number of aryl methyl sites for hydroxylation is 1. The quantitative estimate of drug-likeness (QED) is 0.418. The predicted octanol–water partition coefficient (Wildman–Crippen LogP) is 6.38. The molecule has 1 heterocycles. The maximum atomic E-state index is 13.5. The fourth-order valence-electron chi connectivity index (χ4n) is 5.07. The maximum Gasteiger partial charge on any atom is 0.307 e. The van der Waals surface area contributed by atoms with Crippen LogP contribution in [-0.2, 0) is 23.1 Å². The number of fused-ring (bicyclic) bond motifs is 1. The molecule has 2 aromatic rings.